The van der Waals surface area contributed by atoms with E-state index in [2.05, 4.69) is 19.9 Å². The van der Waals surface area contributed by atoms with Crippen LogP contribution in [0.15, 0.2) is 35.9 Å². The van der Waals surface area contributed by atoms with Gasteiger partial charge in [-0.05, 0) is 44.5 Å². The second-order valence-electron chi connectivity index (χ2n) is 3.95. The van der Waals surface area contributed by atoms with E-state index in [0.29, 0.717) is 6.61 Å². The van der Waals surface area contributed by atoms with Crippen LogP contribution in [0.5, 0.6) is 5.75 Å². The molecular formula is C15H25NO. The highest BCUT2D eigenvalue weighted by molar-refractivity contribution is 5.28. The number of hydrogen-bond acceptors (Lipinski definition) is 2. The Hall–Kier alpha value is -1.28. The van der Waals surface area contributed by atoms with Gasteiger partial charge in [0.15, 0.2) is 0 Å². The van der Waals surface area contributed by atoms with Crippen molar-refractivity contribution in [2.45, 2.75) is 40.7 Å². The van der Waals surface area contributed by atoms with Gasteiger partial charge in [-0.25, -0.2) is 0 Å². The first kappa shape index (κ1) is 15.7. The Morgan fingerprint density at radius 3 is 2.18 bits per heavy atom. The number of benzene rings is 1. The van der Waals surface area contributed by atoms with E-state index >= 15 is 0 Å². The summed E-state index contributed by atoms with van der Waals surface area (Å²) in [6, 6.07) is 8.00. The highest BCUT2D eigenvalue weighted by atomic mass is 16.5. The van der Waals surface area contributed by atoms with Crippen LogP contribution in [0.3, 0.4) is 0 Å². The summed E-state index contributed by atoms with van der Waals surface area (Å²) < 4.78 is 5.53. The molecule has 2 heteroatoms. The SMILES string of the molecule is CC.CC(C)=CCOc1ccc(C(C)N)cc1. The van der Waals surface area contributed by atoms with Crippen LogP contribution in [0.4, 0.5) is 0 Å². The van der Waals surface area contributed by atoms with E-state index < -0.39 is 0 Å². The quantitative estimate of drug-likeness (QED) is 0.798. The summed E-state index contributed by atoms with van der Waals surface area (Å²) in [7, 11) is 0. The molecule has 0 spiro atoms. The van der Waals surface area contributed by atoms with E-state index in [1.165, 1.54) is 5.57 Å². The summed E-state index contributed by atoms with van der Waals surface area (Å²) in [6.45, 7) is 10.7. The summed E-state index contributed by atoms with van der Waals surface area (Å²) in [6.07, 6.45) is 2.06. The van der Waals surface area contributed by atoms with Gasteiger partial charge in [0, 0.05) is 6.04 Å². The van der Waals surface area contributed by atoms with Crippen molar-refractivity contribution in [3.63, 3.8) is 0 Å². The molecular weight excluding hydrogens is 210 g/mol. The third-order valence-electron chi connectivity index (χ3n) is 2.15. The molecule has 17 heavy (non-hydrogen) atoms. The van der Waals surface area contributed by atoms with E-state index in [1.54, 1.807) is 0 Å². The van der Waals surface area contributed by atoms with Gasteiger partial charge >= 0.3 is 0 Å². The number of ether oxygens (including phenoxy) is 1. The minimum Gasteiger partial charge on any atom is -0.490 e. The first-order valence-electron chi connectivity index (χ1n) is 6.21. The Bertz CT molecular complexity index is 321. The Labute approximate surface area is 105 Å². The van der Waals surface area contributed by atoms with Gasteiger partial charge in [-0.2, -0.15) is 0 Å². The molecule has 1 aromatic carbocycles. The zero-order chi connectivity index (χ0) is 13.3. The van der Waals surface area contributed by atoms with Crippen LogP contribution in [-0.4, -0.2) is 6.61 Å². The molecule has 0 radical (unpaired) electrons. The van der Waals surface area contributed by atoms with Gasteiger partial charge in [0.2, 0.25) is 0 Å². The highest BCUT2D eigenvalue weighted by Crippen LogP contribution is 2.15. The molecule has 96 valence electrons. The Balaban J connectivity index is 0.00000121. The average molecular weight is 235 g/mol. The molecule has 2 N–H and O–H groups in total. The second-order valence-corrected chi connectivity index (χ2v) is 3.95. The maximum atomic E-state index is 5.75. The lowest BCUT2D eigenvalue weighted by molar-refractivity contribution is 0.362. The fourth-order valence-corrected chi connectivity index (χ4v) is 1.17. The zero-order valence-corrected chi connectivity index (χ0v) is 11.7. The number of allylic oxidation sites excluding steroid dienone is 1. The van der Waals surface area contributed by atoms with Gasteiger partial charge in [0.05, 0.1) is 0 Å². The van der Waals surface area contributed by atoms with Crippen molar-refractivity contribution in [2.24, 2.45) is 5.73 Å². The van der Waals surface area contributed by atoms with Crippen molar-refractivity contribution in [1.29, 1.82) is 0 Å². The Kier molecular flexibility index (Phi) is 8.16. The normalized spacial score (nSPS) is 10.9. The number of hydrogen-bond donors (Lipinski definition) is 1. The largest absolute Gasteiger partial charge is 0.490 e. The van der Waals surface area contributed by atoms with E-state index in [-0.39, 0.29) is 6.04 Å². The smallest absolute Gasteiger partial charge is 0.119 e. The molecule has 0 amide bonds. The van der Waals surface area contributed by atoms with Crippen molar-refractivity contribution in [3.8, 4) is 5.75 Å². The van der Waals surface area contributed by atoms with Crippen LogP contribution in [0.1, 0.15) is 46.2 Å². The van der Waals surface area contributed by atoms with E-state index in [0.717, 1.165) is 11.3 Å². The maximum Gasteiger partial charge on any atom is 0.119 e. The van der Waals surface area contributed by atoms with Gasteiger partial charge in [-0.1, -0.05) is 31.6 Å². The van der Waals surface area contributed by atoms with Gasteiger partial charge in [0.1, 0.15) is 12.4 Å². The molecule has 0 saturated carbocycles. The van der Waals surface area contributed by atoms with Gasteiger partial charge in [0.25, 0.3) is 0 Å². The molecule has 1 rings (SSSR count). The Morgan fingerprint density at radius 2 is 1.76 bits per heavy atom. The maximum absolute atomic E-state index is 5.75. The summed E-state index contributed by atoms with van der Waals surface area (Å²) in [4.78, 5) is 0. The van der Waals surface area contributed by atoms with Crippen LogP contribution in [0.2, 0.25) is 0 Å². The van der Waals surface area contributed by atoms with Crippen LogP contribution >= 0.6 is 0 Å². The van der Waals surface area contributed by atoms with Crippen LogP contribution in [0, 0.1) is 0 Å². The number of rotatable bonds is 4. The van der Waals surface area contributed by atoms with E-state index in [9.17, 15) is 0 Å². The van der Waals surface area contributed by atoms with Crippen molar-refractivity contribution in [3.05, 3.63) is 41.5 Å². The van der Waals surface area contributed by atoms with Gasteiger partial charge in [-0.3, -0.25) is 0 Å². The van der Waals surface area contributed by atoms with Crippen molar-refractivity contribution in [1.82, 2.24) is 0 Å². The molecule has 0 saturated heterocycles. The fourth-order valence-electron chi connectivity index (χ4n) is 1.17. The molecule has 0 aliphatic heterocycles. The topological polar surface area (TPSA) is 35.2 Å². The van der Waals surface area contributed by atoms with Gasteiger partial charge in [-0.15, -0.1) is 0 Å². The van der Waals surface area contributed by atoms with Gasteiger partial charge < -0.3 is 10.5 Å². The molecule has 2 nitrogen and oxygen atoms in total. The molecule has 1 unspecified atom stereocenters. The van der Waals surface area contributed by atoms with Crippen molar-refractivity contribution >= 4 is 0 Å². The predicted octanol–water partition coefficient (Wildman–Crippen LogP) is 4.08. The highest BCUT2D eigenvalue weighted by Gasteiger charge is 1.98. The third-order valence-corrected chi connectivity index (χ3v) is 2.15. The zero-order valence-electron chi connectivity index (χ0n) is 11.7. The molecule has 0 aliphatic carbocycles. The summed E-state index contributed by atoms with van der Waals surface area (Å²) >= 11 is 0. The minimum atomic E-state index is 0.0804. The molecule has 0 aliphatic rings. The van der Waals surface area contributed by atoms with Crippen LogP contribution < -0.4 is 10.5 Å². The average Bonchev–Trinajstić information content (AvgIpc) is 2.32. The van der Waals surface area contributed by atoms with E-state index in [4.69, 9.17) is 10.5 Å². The van der Waals surface area contributed by atoms with Crippen molar-refractivity contribution < 1.29 is 4.74 Å². The summed E-state index contributed by atoms with van der Waals surface area (Å²) in [5.74, 6) is 0.886. The lowest BCUT2D eigenvalue weighted by Crippen LogP contribution is -2.04. The minimum absolute atomic E-state index is 0.0804. The molecule has 1 atom stereocenters. The van der Waals surface area contributed by atoms with Crippen LogP contribution in [0.25, 0.3) is 0 Å². The molecule has 0 fully saturated rings. The molecule has 0 aromatic heterocycles. The molecule has 1 aromatic rings. The standard InChI is InChI=1S/C13H19NO.C2H6/c1-10(2)8-9-15-13-6-4-12(5-7-13)11(3)14;1-2/h4-8,11H,9,14H2,1-3H3;1-2H3. The lowest BCUT2D eigenvalue weighted by Gasteiger charge is -2.07. The summed E-state index contributed by atoms with van der Waals surface area (Å²) in [5, 5.41) is 0. The molecule has 0 heterocycles. The van der Waals surface area contributed by atoms with Crippen molar-refractivity contribution in [2.75, 3.05) is 6.61 Å². The summed E-state index contributed by atoms with van der Waals surface area (Å²) in [5.41, 5.74) is 8.15. The second kappa shape index (κ2) is 8.82. The monoisotopic (exact) mass is 235 g/mol. The Morgan fingerprint density at radius 1 is 1.24 bits per heavy atom. The lowest BCUT2D eigenvalue weighted by atomic mass is 10.1. The number of nitrogens with two attached hydrogens (primary N) is 1. The van der Waals surface area contributed by atoms with Crippen LogP contribution in [-0.2, 0) is 0 Å². The molecule has 0 bridgehead atoms. The van der Waals surface area contributed by atoms with E-state index in [1.807, 2.05) is 45.0 Å². The first-order valence-corrected chi connectivity index (χ1v) is 6.21. The third kappa shape index (κ3) is 6.80. The predicted molar refractivity (Wildman–Crippen MR) is 75.3 cm³/mol. The fraction of sp³-hybridized carbons (Fsp3) is 0.467. The first-order chi connectivity index (χ1) is 8.09.